The highest BCUT2D eigenvalue weighted by molar-refractivity contribution is 9.10. The standard InChI is InChI=1S/C14H11BrClN3O/c15-13-6-5-10(20-13)9-17-12-4-1-3-11(16)14(12)19-8-2-7-18-19/h1-8,17H,9H2. The predicted molar refractivity (Wildman–Crippen MR) is 82.3 cm³/mol. The molecule has 0 unspecified atom stereocenters. The van der Waals surface area contributed by atoms with Crippen LogP contribution in [0.15, 0.2) is 57.9 Å². The number of furan rings is 1. The molecule has 1 N–H and O–H groups in total. The molecule has 3 rings (SSSR count). The van der Waals surface area contributed by atoms with Crippen molar-refractivity contribution >= 4 is 33.2 Å². The van der Waals surface area contributed by atoms with Crippen molar-refractivity contribution in [3.8, 4) is 5.69 Å². The number of aromatic nitrogens is 2. The summed E-state index contributed by atoms with van der Waals surface area (Å²) in [6.07, 6.45) is 3.58. The van der Waals surface area contributed by atoms with E-state index in [0.717, 1.165) is 17.1 Å². The van der Waals surface area contributed by atoms with Crippen LogP contribution in [0.5, 0.6) is 0 Å². The zero-order valence-electron chi connectivity index (χ0n) is 10.4. The van der Waals surface area contributed by atoms with Gasteiger partial charge in [-0.3, -0.25) is 0 Å². The van der Waals surface area contributed by atoms with Gasteiger partial charge in [-0.1, -0.05) is 17.7 Å². The topological polar surface area (TPSA) is 43.0 Å². The normalized spacial score (nSPS) is 10.7. The maximum absolute atomic E-state index is 6.27. The van der Waals surface area contributed by atoms with Crippen LogP contribution in [-0.4, -0.2) is 9.78 Å². The number of nitrogens with zero attached hydrogens (tertiary/aromatic N) is 2. The lowest BCUT2D eigenvalue weighted by Gasteiger charge is -2.12. The summed E-state index contributed by atoms with van der Waals surface area (Å²) in [6, 6.07) is 11.3. The summed E-state index contributed by atoms with van der Waals surface area (Å²) in [7, 11) is 0. The van der Waals surface area contributed by atoms with Crippen molar-refractivity contribution in [3.63, 3.8) is 0 Å². The molecule has 0 amide bonds. The number of hydrogen-bond donors (Lipinski definition) is 1. The molecular formula is C14H11BrClN3O. The molecular weight excluding hydrogens is 342 g/mol. The molecule has 6 heteroatoms. The van der Waals surface area contributed by atoms with E-state index in [1.165, 1.54) is 0 Å². The third-order valence-electron chi connectivity index (χ3n) is 2.80. The summed E-state index contributed by atoms with van der Waals surface area (Å²) < 4.78 is 7.92. The fourth-order valence-electron chi connectivity index (χ4n) is 1.92. The first-order chi connectivity index (χ1) is 9.74. The highest BCUT2D eigenvalue weighted by Gasteiger charge is 2.10. The Morgan fingerprint density at radius 1 is 1.25 bits per heavy atom. The Morgan fingerprint density at radius 2 is 2.15 bits per heavy atom. The minimum Gasteiger partial charge on any atom is -0.452 e. The fourth-order valence-corrected chi connectivity index (χ4v) is 2.52. The molecule has 0 saturated carbocycles. The number of anilines is 1. The van der Waals surface area contributed by atoms with E-state index in [1.54, 1.807) is 10.9 Å². The molecule has 3 aromatic rings. The maximum Gasteiger partial charge on any atom is 0.169 e. The molecule has 1 aromatic carbocycles. The second-order valence-electron chi connectivity index (χ2n) is 4.15. The first-order valence-corrected chi connectivity index (χ1v) is 7.18. The van der Waals surface area contributed by atoms with Crippen molar-refractivity contribution in [2.45, 2.75) is 6.54 Å². The molecule has 0 aliphatic rings. The Hall–Kier alpha value is -1.72. The van der Waals surface area contributed by atoms with Crippen molar-refractivity contribution in [1.29, 1.82) is 0 Å². The van der Waals surface area contributed by atoms with Crippen LogP contribution < -0.4 is 5.32 Å². The first kappa shape index (κ1) is 13.3. The molecule has 4 nitrogen and oxygen atoms in total. The molecule has 0 aliphatic carbocycles. The van der Waals surface area contributed by atoms with E-state index in [4.69, 9.17) is 16.0 Å². The zero-order chi connectivity index (χ0) is 13.9. The van der Waals surface area contributed by atoms with Gasteiger partial charge in [-0.25, -0.2) is 4.68 Å². The average molecular weight is 353 g/mol. The number of rotatable bonds is 4. The van der Waals surface area contributed by atoms with Crippen molar-refractivity contribution in [1.82, 2.24) is 9.78 Å². The number of halogens is 2. The summed E-state index contributed by atoms with van der Waals surface area (Å²) in [5.74, 6) is 0.836. The van der Waals surface area contributed by atoms with Gasteiger partial charge in [0, 0.05) is 12.4 Å². The number of nitrogens with one attached hydrogen (secondary N) is 1. The van der Waals surface area contributed by atoms with Gasteiger partial charge in [0.15, 0.2) is 4.67 Å². The van der Waals surface area contributed by atoms with E-state index < -0.39 is 0 Å². The molecule has 2 heterocycles. The Morgan fingerprint density at radius 3 is 2.85 bits per heavy atom. The van der Waals surface area contributed by atoms with Gasteiger partial charge in [-0.05, 0) is 46.3 Å². The monoisotopic (exact) mass is 351 g/mol. The smallest absolute Gasteiger partial charge is 0.169 e. The van der Waals surface area contributed by atoms with Crippen LogP contribution >= 0.6 is 27.5 Å². The summed E-state index contributed by atoms with van der Waals surface area (Å²) in [5, 5.41) is 8.18. The maximum atomic E-state index is 6.27. The summed E-state index contributed by atoms with van der Waals surface area (Å²) in [4.78, 5) is 0. The second-order valence-corrected chi connectivity index (χ2v) is 5.33. The first-order valence-electron chi connectivity index (χ1n) is 6.00. The average Bonchev–Trinajstić information content (AvgIpc) is 3.08. The fraction of sp³-hybridized carbons (Fsp3) is 0.0714. The lowest BCUT2D eigenvalue weighted by atomic mass is 10.2. The Bertz CT molecular complexity index is 709. The van der Waals surface area contributed by atoms with Gasteiger partial charge in [-0.15, -0.1) is 0 Å². The van der Waals surface area contributed by atoms with Gasteiger partial charge in [0.1, 0.15) is 11.4 Å². The molecule has 0 saturated heterocycles. The molecule has 2 aromatic heterocycles. The van der Waals surface area contributed by atoms with Crippen LogP contribution in [0.2, 0.25) is 5.02 Å². The number of benzene rings is 1. The third kappa shape index (κ3) is 2.73. The van der Waals surface area contributed by atoms with Crippen molar-refractivity contribution in [3.05, 3.63) is 64.2 Å². The molecule has 0 fully saturated rings. The molecule has 0 aliphatic heterocycles. The van der Waals surface area contributed by atoms with Crippen LogP contribution in [0.1, 0.15) is 5.76 Å². The van der Waals surface area contributed by atoms with Crippen LogP contribution in [0.25, 0.3) is 5.69 Å². The van der Waals surface area contributed by atoms with Gasteiger partial charge >= 0.3 is 0 Å². The summed E-state index contributed by atoms with van der Waals surface area (Å²) in [5.41, 5.74) is 1.72. The minimum absolute atomic E-state index is 0.570. The highest BCUT2D eigenvalue weighted by Crippen LogP contribution is 2.28. The number of para-hydroxylation sites is 1. The van der Waals surface area contributed by atoms with Crippen molar-refractivity contribution in [2.24, 2.45) is 0 Å². The SMILES string of the molecule is Clc1cccc(NCc2ccc(Br)o2)c1-n1cccn1. The molecule has 0 spiro atoms. The van der Waals surface area contributed by atoms with Crippen molar-refractivity contribution < 1.29 is 4.42 Å². The van der Waals surface area contributed by atoms with E-state index >= 15 is 0 Å². The second kappa shape index (κ2) is 5.73. The molecule has 102 valence electrons. The summed E-state index contributed by atoms with van der Waals surface area (Å²) >= 11 is 9.56. The molecule has 0 atom stereocenters. The van der Waals surface area contributed by atoms with E-state index in [1.807, 2.05) is 42.6 Å². The van der Waals surface area contributed by atoms with Crippen LogP contribution in [-0.2, 0) is 6.54 Å². The van der Waals surface area contributed by atoms with E-state index in [0.29, 0.717) is 16.2 Å². The van der Waals surface area contributed by atoms with Crippen LogP contribution in [0.3, 0.4) is 0 Å². The highest BCUT2D eigenvalue weighted by atomic mass is 79.9. The number of hydrogen-bond acceptors (Lipinski definition) is 3. The van der Waals surface area contributed by atoms with Gasteiger partial charge < -0.3 is 9.73 Å². The van der Waals surface area contributed by atoms with Gasteiger partial charge in [-0.2, -0.15) is 5.10 Å². The Balaban J connectivity index is 1.88. The lowest BCUT2D eigenvalue weighted by molar-refractivity contribution is 0.495. The Kier molecular flexibility index (Phi) is 3.80. The van der Waals surface area contributed by atoms with Gasteiger partial charge in [0.2, 0.25) is 0 Å². The minimum atomic E-state index is 0.570. The molecule has 0 bridgehead atoms. The molecule has 20 heavy (non-hydrogen) atoms. The third-order valence-corrected chi connectivity index (χ3v) is 3.53. The van der Waals surface area contributed by atoms with Crippen LogP contribution in [0.4, 0.5) is 5.69 Å². The molecule has 0 radical (unpaired) electrons. The quantitative estimate of drug-likeness (QED) is 0.752. The van der Waals surface area contributed by atoms with E-state index in [2.05, 4.69) is 26.3 Å². The summed E-state index contributed by atoms with van der Waals surface area (Å²) in [6.45, 7) is 0.570. The zero-order valence-corrected chi connectivity index (χ0v) is 12.7. The Labute approximate surface area is 129 Å². The van der Waals surface area contributed by atoms with Gasteiger partial charge in [0.25, 0.3) is 0 Å². The largest absolute Gasteiger partial charge is 0.452 e. The predicted octanol–water partition coefficient (Wildman–Crippen LogP) is 4.49. The lowest BCUT2D eigenvalue weighted by Crippen LogP contribution is -2.05. The van der Waals surface area contributed by atoms with Crippen LogP contribution in [0, 0.1) is 0 Å². The van der Waals surface area contributed by atoms with Gasteiger partial charge in [0.05, 0.1) is 17.3 Å². The van der Waals surface area contributed by atoms with E-state index in [-0.39, 0.29) is 0 Å². The van der Waals surface area contributed by atoms with Crippen molar-refractivity contribution in [2.75, 3.05) is 5.32 Å². The van der Waals surface area contributed by atoms with E-state index in [9.17, 15) is 0 Å².